The molecule has 1 aliphatic heterocycles. The largest absolute Gasteiger partial charge is 0.475 e. The normalized spacial score (nSPS) is 19.4. The summed E-state index contributed by atoms with van der Waals surface area (Å²) < 4.78 is 36.9. The van der Waals surface area contributed by atoms with Gasteiger partial charge in [0.15, 0.2) is 0 Å². The molecule has 0 fully saturated rings. The van der Waals surface area contributed by atoms with Gasteiger partial charge in [0.2, 0.25) is 0 Å². The second-order valence-corrected chi connectivity index (χ2v) is 5.30. The summed E-state index contributed by atoms with van der Waals surface area (Å²) in [7, 11) is 0. The van der Waals surface area contributed by atoms with Crippen molar-refractivity contribution < 1.29 is 8.85 Å². The molecule has 0 amide bonds. The van der Waals surface area contributed by atoms with Crippen LogP contribution >= 0.6 is 11.7 Å². The Balaban J connectivity index is 1.95. The second kappa shape index (κ2) is 7.60. The highest BCUT2D eigenvalue weighted by Gasteiger charge is 2.18. The first-order valence-corrected chi connectivity index (χ1v) is 7.65. The smallest absolute Gasteiger partial charge is 0.253 e. The summed E-state index contributed by atoms with van der Waals surface area (Å²) in [6.07, 6.45) is 7.32. The van der Waals surface area contributed by atoms with Crippen molar-refractivity contribution in [3.05, 3.63) is 11.8 Å². The highest BCUT2D eigenvalue weighted by Crippen LogP contribution is 2.27. The predicted octanol–water partition coefficient (Wildman–Crippen LogP) is 3.22. The number of aromatic nitrogens is 2. The van der Waals surface area contributed by atoms with Crippen molar-refractivity contribution in [1.29, 1.82) is 0 Å². The lowest BCUT2D eigenvalue weighted by atomic mass is 10.1. The zero-order valence-electron chi connectivity index (χ0n) is 14.4. The third-order valence-corrected chi connectivity index (χ3v) is 3.66. The monoisotopic (exact) mass is 284 g/mol. The molecule has 1 aromatic heterocycles. The number of unbranched alkanes of at least 4 members (excludes halogenated alkanes) is 3. The van der Waals surface area contributed by atoms with E-state index in [1.807, 2.05) is 6.08 Å². The van der Waals surface area contributed by atoms with Crippen molar-refractivity contribution in [1.82, 2.24) is 13.6 Å². The Labute approximate surface area is 124 Å². The van der Waals surface area contributed by atoms with E-state index in [2.05, 4.69) is 15.7 Å². The number of likely N-dealkylation sites (N-methyl/N-ethyl adjacent to an activating group) is 1. The highest BCUT2D eigenvalue weighted by molar-refractivity contribution is 6.99. The summed E-state index contributed by atoms with van der Waals surface area (Å²) in [5.74, 6) is 0.542. The number of rotatable bonds is 7. The Bertz CT molecular complexity index is 502. The molecular formula is C14H23N3OS. The van der Waals surface area contributed by atoms with Crippen LogP contribution in [0.1, 0.15) is 48.8 Å². The molecule has 0 N–H and O–H groups in total. The van der Waals surface area contributed by atoms with Crippen molar-refractivity contribution in [3.8, 4) is 5.88 Å². The van der Waals surface area contributed by atoms with Gasteiger partial charge in [0.25, 0.3) is 5.88 Å². The first kappa shape index (κ1) is 10.8. The summed E-state index contributed by atoms with van der Waals surface area (Å²) in [4.78, 5) is 1.49. The quantitative estimate of drug-likeness (QED) is 0.721. The Morgan fingerprint density at radius 3 is 3.21 bits per heavy atom. The summed E-state index contributed by atoms with van der Waals surface area (Å²) in [6.45, 7) is 1.66. The van der Waals surface area contributed by atoms with Crippen LogP contribution in [0.2, 0.25) is 0 Å². The molecular weight excluding hydrogens is 258 g/mol. The van der Waals surface area contributed by atoms with Crippen LogP contribution < -0.4 is 4.74 Å². The van der Waals surface area contributed by atoms with Crippen molar-refractivity contribution >= 4 is 17.3 Å². The van der Waals surface area contributed by atoms with Crippen LogP contribution in [0.5, 0.6) is 5.88 Å². The Hall–Kier alpha value is -0.940. The summed E-state index contributed by atoms with van der Waals surface area (Å²) in [5, 5.41) is 0. The van der Waals surface area contributed by atoms with Gasteiger partial charge in [-0.1, -0.05) is 32.3 Å². The van der Waals surface area contributed by atoms with Gasteiger partial charge in [0.05, 0.1) is 18.3 Å². The molecule has 2 rings (SSSR count). The molecule has 0 aliphatic carbocycles. The zero-order valence-corrected chi connectivity index (χ0v) is 12.2. The van der Waals surface area contributed by atoms with E-state index >= 15 is 0 Å². The molecule has 0 atom stereocenters. The number of ether oxygens (including phenoxy) is 1. The van der Waals surface area contributed by atoms with E-state index < -0.39 is 6.98 Å². The van der Waals surface area contributed by atoms with Crippen molar-refractivity contribution in [2.45, 2.75) is 39.0 Å². The topological polar surface area (TPSA) is 38.2 Å². The van der Waals surface area contributed by atoms with Crippen LogP contribution in [0.3, 0.4) is 0 Å². The maximum atomic E-state index is 7.54. The molecule has 5 heteroatoms. The minimum atomic E-state index is -2.07. The maximum absolute atomic E-state index is 7.54. The molecule has 106 valence electrons. The lowest BCUT2D eigenvalue weighted by Gasteiger charge is -2.22. The van der Waals surface area contributed by atoms with Gasteiger partial charge in [-0.2, -0.15) is 4.37 Å². The Morgan fingerprint density at radius 2 is 2.37 bits per heavy atom. The Morgan fingerprint density at radius 1 is 1.42 bits per heavy atom. The lowest BCUT2D eigenvalue weighted by Crippen LogP contribution is -2.25. The van der Waals surface area contributed by atoms with Gasteiger partial charge in [-0.05, 0) is 25.4 Å². The van der Waals surface area contributed by atoms with E-state index in [-0.39, 0.29) is 0 Å². The van der Waals surface area contributed by atoms with Crippen LogP contribution in [0.4, 0.5) is 0 Å². The molecule has 4 nitrogen and oxygen atoms in total. The van der Waals surface area contributed by atoms with E-state index in [9.17, 15) is 0 Å². The molecule has 0 spiro atoms. The van der Waals surface area contributed by atoms with E-state index in [0.717, 1.165) is 30.1 Å². The third-order valence-electron chi connectivity index (χ3n) is 3.15. The van der Waals surface area contributed by atoms with Crippen LogP contribution in [0, 0.1) is 0 Å². The average molecular weight is 284 g/mol. The van der Waals surface area contributed by atoms with E-state index in [4.69, 9.17) is 8.85 Å². The molecule has 2 heterocycles. The van der Waals surface area contributed by atoms with E-state index in [1.165, 1.54) is 17.7 Å². The molecule has 0 saturated heterocycles. The predicted molar refractivity (Wildman–Crippen MR) is 79.6 cm³/mol. The molecule has 19 heavy (non-hydrogen) atoms. The second-order valence-electron chi connectivity index (χ2n) is 4.77. The number of hydrogen-bond acceptors (Lipinski definition) is 5. The van der Waals surface area contributed by atoms with Gasteiger partial charge in [-0.15, -0.1) is 4.37 Å². The zero-order chi connectivity index (χ0) is 16.0. The van der Waals surface area contributed by atoms with Crippen LogP contribution in [-0.2, 0) is 0 Å². The van der Waals surface area contributed by atoms with Crippen LogP contribution in [0.25, 0.3) is 5.57 Å². The highest BCUT2D eigenvalue weighted by atomic mass is 32.1. The molecule has 0 aromatic carbocycles. The Kier molecular flexibility index (Phi) is 4.32. The van der Waals surface area contributed by atoms with Crippen molar-refractivity contribution in [2.75, 3.05) is 26.7 Å². The molecule has 1 aromatic rings. The van der Waals surface area contributed by atoms with E-state index in [1.54, 1.807) is 0 Å². The van der Waals surface area contributed by atoms with Gasteiger partial charge >= 0.3 is 0 Å². The molecule has 1 aliphatic rings. The van der Waals surface area contributed by atoms with Crippen LogP contribution in [-0.4, -0.2) is 40.3 Å². The lowest BCUT2D eigenvalue weighted by molar-refractivity contribution is 0.294. The molecule has 0 saturated carbocycles. The molecule has 0 radical (unpaired) electrons. The SMILES string of the molecule is [2H]C([2H])([2H])N1CCC=C(c2nsnc2OCCCCCC)C1. The minimum absolute atomic E-state index is 0.369. The van der Waals surface area contributed by atoms with Gasteiger partial charge in [0, 0.05) is 17.2 Å². The summed E-state index contributed by atoms with van der Waals surface area (Å²) in [5.41, 5.74) is 1.61. The summed E-state index contributed by atoms with van der Waals surface area (Å²) >= 11 is 1.11. The number of nitrogens with zero attached hydrogens (tertiary/aromatic N) is 3. The van der Waals surface area contributed by atoms with Gasteiger partial charge in [-0.3, -0.25) is 0 Å². The van der Waals surface area contributed by atoms with E-state index in [0.29, 0.717) is 37.7 Å². The fourth-order valence-electron chi connectivity index (χ4n) is 2.08. The van der Waals surface area contributed by atoms with Crippen LogP contribution in [0.15, 0.2) is 6.08 Å². The maximum Gasteiger partial charge on any atom is 0.253 e. The summed E-state index contributed by atoms with van der Waals surface area (Å²) in [6, 6.07) is 0. The van der Waals surface area contributed by atoms with Gasteiger partial charge in [0.1, 0.15) is 5.69 Å². The third kappa shape index (κ3) is 4.28. The fraction of sp³-hybridized carbons (Fsp3) is 0.714. The fourth-order valence-corrected chi connectivity index (χ4v) is 2.62. The first-order valence-electron chi connectivity index (χ1n) is 8.42. The van der Waals surface area contributed by atoms with Gasteiger partial charge < -0.3 is 9.64 Å². The number of hydrogen-bond donors (Lipinski definition) is 0. The first-order chi connectivity index (χ1) is 10.5. The average Bonchev–Trinajstić information content (AvgIpc) is 2.95. The minimum Gasteiger partial charge on any atom is -0.475 e. The molecule has 0 bridgehead atoms. The van der Waals surface area contributed by atoms with Gasteiger partial charge in [-0.25, -0.2) is 0 Å². The van der Waals surface area contributed by atoms with Crippen molar-refractivity contribution in [3.63, 3.8) is 0 Å². The van der Waals surface area contributed by atoms with Crippen molar-refractivity contribution in [2.24, 2.45) is 0 Å². The standard InChI is InChI=1S/C14H23N3OS/c1-3-4-5-6-10-18-14-13(15-19-16-14)12-8-7-9-17(2)11-12/h8H,3-7,9-11H2,1-2H3/i2D3. The molecule has 0 unspecified atom stereocenters.